The van der Waals surface area contributed by atoms with Crippen LogP contribution in [0.4, 0.5) is 5.82 Å². The molecule has 0 aliphatic carbocycles. The van der Waals surface area contributed by atoms with E-state index in [4.69, 9.17) is 4.42 Å². The SMILES string of the molecule is Cc1cc(C)nc(-n2nc(C)cc2NC(=O)CSc2nnc(-c3c[nH]c4ccccc34)o2)n1. The number of aryl methyl sites for hydroxylation is 3. The van der Waals surface area contributed by atoms with Crippen LogP contribution in [0.3, 0.4) is 0 Å². The maximum atomic E-state index is 12.6. The average Bonchev–Trinajstić information content (AvgIpc) is 3.49. The van der Waals surface area contributed by atoms with Crippen molar-refractivity contribution in [1.29, 1.82) is 0 Å². The van der Waals surface area contributed by atoms with Gasteiger partial charge in [0.05, 0.1) is 17.0 Å². The number of carbonyl (C=O) groups is 1. The van der Waals surface area contributed by atoms with Gasteiger partial charge in [0.2, 0.25) is 5.91 Å². The lowest BCUT2D eigenvalue weighted by Gasteiger charge is -2.08. The Morgan fingerprint density at radius 3 is 2.70 bits per heavy atom. The summed E-state index contributed by atoms with van der Waals surface area (Å²) in [5.74, 6) is 1.15. The maximum Gasteiger partial charge on any atom is 0.277 e. The number of rotatable bonds is 6. The van der Waals surface area contributed by atoms with Gasteiger partial charge in [0.1, 0.15) is 5.82 Å². The van der Waals surface area contributed by atoms with Crippen LogP contribution < -0.4 is 5.32 Å². The van der Waals surface area contributed by atoms with E-state index in [1.54, 1.807) is 6.07 Å². The Kier molecular flexibility index (Phi) is 5.38. The number of nitrogens with zero attached hydrogens (tertiary/aromatic N) is 6. The number of carbonyl (C=O) groups excluding carboxylic acids is 1. The minimum atomic E-state index is -0.239. The highest BCUT2D eigenvalue weighted by Crippen LogP contribution is 2.29. The summed E-state index contributed by atoms with van der Waals surface area (Å²) in [4.78, 5) is 24.6. The van der Waals surface area contributed by atoms with E-state index in [2.05, 4.69) is 35.6 Å². The molecule has 11 heteroatoms. The molecule has 0 spiro atoms. The Labute approximate surface area is 192 Å². The molecule has 0 saturated carbocycles. The zero-order valence-corrected chi connectivity index (χ0v) is 19.0. The van der Waals surface area contributed by atoms with Crippen molar-refractivity contribution in [3.8, 4) is 17.4 Å². The second kappa shape index (κ2) is 8.51. The third kappa shape index (κ3) is 4.35. The summed E-state index contributed by atoms with van der Waals surface area (Å²) in [5, 5.41) is 16.8. The van der Waals surface area contributed by atoms with Gasteiger partial charge in [0.25, 0.3) is 17.1 Å². The number of benzene rings is 1. The van der Waals surface area contributed by atoms with E-state index >= 15 is 0 Å². The third-order valence-corrected chi connectivity index (χ3v) is 5.63. The van der Waals surface area contributed by atoms with Gasteiger partial charge in [-0.2, -0.15) is 9.78 Å². The van der Waals surface area contributed by atoms with Gasteiger partial charge >= 0.3 is 0 Å². The molecular formula is C22H20N8O2S. The van der Waals surface area contributed by atoms with Crippen LogP contribution in [0.1, 0.15) is 17.1 Å². The summed E-state index contributed by atoms with van der Waals surface area (Å²) in [6, 6.07) is 11.5. The second-order valence-electron chi connectivity index (χ2n) is 7.49. The van der Waals surface area contributed by atoms with Gasteiger partial charge in [-0.15, -0.1) is 10.2 Å². The summed E-state index contributed by atoms with van der Waals surface area (Å²) in [6.45, 7) is 5.62. The molecule has 0 unspecified atom stereocenters. The Bertz CT molecular complexity index is 1450. The van der Waals surface area contributed by atoms with Crippen molar-refractivity contribution in [3.63, 3.8) is 0 Å². The van der Waals surface area contributed by atoms with Crippen LogP contribution in [0.5, 0.6) is 0 Å². The molecule has 0 aliphatic rings. The molecule has 5 rings (SSSR count). The Balaban J connectivity index is 1.28. The number of aromatic nitrogens is 7. The lowest BCUT2D eigenvalue weighted by atomic mass is 10.2. The number of para-hydroxylation sites is 1. The molecule has 4 aromatic heterocycles. The Morgan fingerprint density at radius 2 is 1.88 bits per heavy atom. The number of nitrogens with one attached hydrogen (secondary N) is 2. The van der Waals surface area contributed by atoms with Crippen LogP contribution in [0.15, 0.2) is 52.2 Å². The van der Waals surface area contributed by atoms with Crippen LogP contribution >= 0.6 is 11.8 Å². The number of anilines is 1. The summed E-state index contributed by atoms with van der Waals surface area (Å²) in [7, 11) is 0. The largest absolute Gasteiger partial charge is 0.411 e. The predicted molar refractivity (Wildman–Crippen MR) is 124 cm³/mol. The molecule has 0 atom stereocenters. The summed E-state index contributed by atoms with van der Waals surface area (Å²) < 4.78 is 7.29. The molecule has 2 N–H and O–H groups in total. The van der Waals surface area contributed by atoms with Gasteiger partial charge < -0.3 is 14.7 Å². The summed E-state index contributed by atoms with van der Waals surface area (Å²) in [5.41, 5.74) is 4.18. The summed E-state index contributed by atoms with van der Waals surface area (Å²) in [6.07, 6.45) is 1.83. The maximum absolute atomic E-state index is 12.6. The molecule has 1 aromatic carbocycles. The quantitative estimate of drug-likeness (QED) is 0.366. The fourth-order valence-electron chi connectivity index (χ4n) is 3.47. The minimum Gasteiger partial charge on any atom is -0.411 e. The fraction of sp³-hybridized carbons (Fsp3) is 0.182. The lowest BCUT2D eigenvalue weighted by Crippen LogP contribution is -2.18. The average molecular weight is 461 g/mol. The first-order valence-electron chi connectivity index (χ1n) is 10.2. The fourth-order valence-corrected chi connectivity index (χ4v) is 4.04. The van der Waals surface area contributed by atoms with Gasteiger partial charge in [0, 0.05) is 34.6 Å². The highest BCUT2D eigenvalue weighted by Gasteiger charge is 2.17. The van der Waals surface area contributed by atoms with Crippen LogP contribution in [0.25, 0.3) is 28.3 Å². The van der Waals surface area contributed by atoms with E-state index in [9.17, 15) is 4.79 Å². The minimum absolute atomic E-state index is 0.0907. The van der Waals surface area contributed by atoms with Crippen LogP contribution in [-0.2, 0) is 4.79 Å². The normalized spacial score (nSPS) is 11.2. The summed E-state index contributed by atoms with van der Waals surface area (Å²) >= 11 is 1.16. The zero-order valence-electron chi connectivity index (χ0n) is 18.2. The van der Waals surface area contributed by atoms with Gasteiger partial charge in [-0.05, 0) is 32.9 Å². The Morgan fingerprint density at radius 1 is 1.09 bits per heavy atom. The smallest absolute Gasteiger partial charge is 0.277 e. The second-order valence-corrected chi connectivity index (χ2v) is 8.42. The number of fused-ring (bicyclic) bond motifs is 1. The van der Waals surface area contributed by atoms with Crippen molar-refractivity contribution in [1.82, 2.24) is 34.9 Å². The highest BCUT2D eigenvalue weighted by atomic mass is 32.2. The first kappa shape index (κ1) is 20.9. The van der Waals surface area contributed by atoms with E-state index in [1.807, 2.05) is 57.3 Å². The standard InChI is InChI=1S/C22H20N8O2S/c1-12-8-13(2)25-21(24-12)30-18(9-14(3)29-30)26-19(31)11-33-22-28-27-20(32-22)16-10-23-17-7-5-4-6-15(16)17/h4-10,23H,11H2,1-3H3,(H,26,31). The van der Waals surface area contributed by atoms with E-state index in [-0.39, 0.29) is 11.7 Å². The molecule has 0 saturated heterocycles. The van der Waals surface area contributed by atoms with Crippen molar-refractivity contribution in [2.45, 2.75) is 26.0 Å². The molecule has 0 fully saturated rings. The van der Waals surface area contributed by atoms with Crippen LogP contribution in [-0.4, -0.2) is 46.6 Å². The van der Waals surface area contributed by atoms with Crippen molar-refractivity contribution in [3.05, 3.63) is 59.7 Å². The Hall–Kier alpha value is -3.99. The van der Waals surface area contributed by atoms with E-state index < -0.39 is 0 Å². The monoisotopic (exact) mass is 460 g/mol. The van der Waals surface area contributed by atoms with Gasteiger partial charge in [-0.25, -0.2) is 9.97 Å². The highest BCUT2D eigenvalue weighted by molar-refractivity contribution is 7.99. The predicted octanol–water partition coefficient (Wildman–Crippen LogP) is 3.85. The molecule has 33 heavy (non-hydrogen) atoms. The van der Waals surface area contributed by atoms with Crippen molar-refractivity contribution < 1.29 is 9.21 Å². The molecule has 4 heterocycles. The number of thioether (sulfide) groups is 1. The topological polar surface area (TPSA) is 127 Å². The number of hydrogen-bond acceptors (Lipinski definition) is 8. The molecule has 10 nitrogen and oxygen atoms in total. The van der Waals surface area contributed by atoms with Crippen molar-refractivity contribution >= 4 is 34.4 Å². The van der Waals surface area contributed by atoms with Gasteiger partial charge in [0.15, 0.2) is 0 Å². The first-order chi connectivity index (χ1) is 16.0. The van der Waals surface area contributed by atoms with Crippen LogP contribution in [0, 0.1) is 20.8 Å². The number of H-pyrrole nitrogens is 1. The number of aromatic amines is 1. The van der Waals surface area contributed by atoms with E-state index in [0.717, 1.165) is 45.3 Å². The molecule has 5 aromatic rings. The number of amides is 1. The molecule has 0 radical (unpaired) electrons. The van der Waals surface area contributed by atoms with E-state index in [1.165, 1.54) is 4.68 Å². The zero-order chi connectivity index (χ0) is 22.9. The molecular weight excluding hydrogens is 440 g/mol. The third-order valence-electron chi connectivity index (χ3n) is 4.81. The van der Waals surface area contributed by atoms with Gasteiger partial charge in [-0.3, -0.25) is 4.79 Å². The van der Waals surface area contributed by atoms with Gasteiger partial charge in [-0.1, -0.05) is 30.0 Å². The van der Waals surface area contributed by atoms with Crippen molar-refractivity contribution in [2.24, 2.45) is 0 Å². The van der Waals surface area contributed by atoms with E-state index in [0.29, 0.717) is 22.9 Å². The molecule has 166 valence electrons. The molecule has 0 bridgehead atoms. The van der Waals surface area contributed by atoms with Crippen molar-refractivity contribution in [2.75, 3.05) is 11.1 Å². The number of hydrogen-bond donors (Lipinski definition) is 2. The first-order valence-corrected chi connectivity index (χ1v) is 11.2. The van der Waals surface area contributed by atoms with Crippen LogP contribution in [0.2, 0.25) is 0 Å². The molecule has 0 aliphatic heterocycles. The lowest BCUT2D eigenvalue weighted by molar-refractivity contribution is -0.113. The molecule has 1 amide bonds.